The Hall–Kier alpha value is -7.35. The fraction of sp³-hybridized carbons (Fsp3) is 0.0263. The van der Waals surface area contributed by atoms with Crippen molar-refractivity contribution in [1.82, 2.24) is 69.3 Å². The smallest absolute Gasteiger partial charge is 0.431 e. The normalized spacial score (nSPS) is 10.2. The SMILES string of the molecule is FC(F)(F)c1cc(-c2ccncn2)[n-]n1.[C-]#Cc1ccccc1.[Ir].c1cc(-n2cccn2)nc(-n2cccn2)c1.c1cc(-n2cccn2)nc(-n2cccn2)c1. The molecule has 0 aliphatic rings. The molecule has 0 fully saturated rings. The summed E-state index contributed by atoms with van der Waals surface area (Å²) in [5, 5.41) is 23.0. The van der Waals surface area contributed by atoms with Crippen molar-refractivity contribution in [3.63, 3.8) is 0 Å². The van der Waals surface area contributed by atoms with Crippen LogP contribution in [0.15, 0.2) is 165 Å². The standard InChI is InChI=1S/2C11H9N5.C8H4F3N4.C8H5.Ir/c2*1-4-10(15-8-2-6-12-15)14-11(5-1)16-9-3-7-13-16;9-8(10,11)7-3-6(14-15-7)5-1-2-12-4-13-5;1-2-8-6-4-3-5-7-8;/h2*1-9H;1-4H;3-7H;/q;;2*-1;. The number of nitrogens with zero attached hydrogens (tertiary/aromatic N) is 14. The summed E-state index contributed by atoms with van der Waals surface area (Å²) in [7, 11) is 0. The Balaban J connectivity index is 0.000000146. The van der Waals surface area contributed by atoms with Crippen LogP contribution in [0.5, 0.6) is 0 Å². The van der Waals surface area contributed by atoms with Crippen LogP contribution >= 0.6 is 0 Å². The zero-order valence-electron chi connectivity index (χ0n) is 28.8. The molecule has 0 unspecified atom stereocenters. The van der Waals surface area contributed by atoms with Crippen LogP contribution in [0.3, 0.4) is 0 Å². The van der Waals surface area contributed by atoms with Gasteiger partial charge in [-0.2, -0.15) is 33.6 Å². The molecule has 9 rings (SSSR count). The topological polar surface area (TPSA) is 150 Å². The minimum Gasteiger partial charge on any atom is -0.573 e. The van der Waals surface area contributed by atoms with E-state index in [2.05, 4.69) is 56.4 Å². The second-order valence-electron chi connectivity index (χ2n) is 10.7. The molecule has 1 radical (unpaired) electrons. The molecule has 0 spiro atoms. The molecule has 0 atom stereocenters. The third-order valence-corrected chi connectivity index (χ3v) is 6.99. The maximum atomic E-state index is 12.2. The molecular weight excluding hydrogens is 902 g/mol. The van der Waals surface area contributed by atoms with Crippen LogP contribution in [0.4, 0.5) is 13.2 Å². The summed E-state index contributed by atoms with van der Waals surface area (Å²) in [6, 6.07) is 30.6. The van der Waals surface area contributed by atoms with Crippen LogP contribution in [0.1, 0.15) is 11.3 Å². The van der Waals surface area contributed by atoms with Crippen LogP contribution < -0.4 is 5.10 Å². The Bertz CT molecular complexity index is 2270. The summed E-state index contributed by atoms with van der Waals surface area (Å²) >= 11 is 0. The maximum Gasteiger partial charge on any atom is 0.431 e. The number of alkyl halides is 3. The van der Waals surface area contributed by atoms with E-state index in [4.69, 9.17) is 6.42 Å². The molecule has 0 bridgehead atoms. The quantitative estimate of drug-likeness (QED) is 0.148. The Morgan fingerprint density at radius 3 is 1.36 bits per heavy atom. The van der Waals surface area contributed by atoms with Gasteiger partial charge in [0.1, 0.15) is 12.0 Å². The van der Waals surface area contributed by atoms with Crippen LogP contribution in [-0.4, -0.2) is 64.2 Å². The first kappa shape index (κ1) is 39.8. The Morgan fingerprint density at radius 1 is 0.571 bits per heavy atom. The number of hydrogen-bond donors (Lipinski definition) is 0. The monoisotopic (exact) mass is 929 g/mol. The molecule has 18 heteroatoms. The van der Waals surface area contributed by atoms with Crippen molar-refractivity contribution in [2.24, 2.45) is 0 Å². The van der Waals surface area contributed by atoms with E-state index in [0.29, 0.717) is 5.69 Å². The van der Waals surface area contributed by atoms with Gasteiger partial charge in [0, 0.05) is 75.9 Å². The van der Waals surface area contributed by atoms with Crippen LogP contribution in [0.2, 0.25) is 0 Å². The van der Waals surface area contributed by atoms with Crippen molar-refractivity contribution in [3.8, 4) is 40.6 Å². The van der Waals surface area contributed by atoms with Crippen molar-refractivity contribution >= 4 is 0 Å². The van der Waals surface area contributed by atoms with Crippen molar-refractivity contribution in [1.29, 1.82) is 0 Å². The second kappa shape index (κ2) is 19.6. The first-order chi connectivity index (χ1) is 26.9. The van der Waals surface area contributed by atoms with Crippen LogP contribution in [0, 0.1) is 12.3 Å². The first-order valence-corrected chi connectivity index (χ1v) is 16.1. The summed E-state index contributed by atoms with van der Waals surface area (Å²) < 4.78 is 43.4. The zero-order valence-corrected chi connectivity index (χ0v) is 31.2. The Morgan fingerprint density at radius 2 is 1.04 bits per heavy atom. The van der Waals surface area contributed by atoms with Crippen LogP contribution in [-0.2, 0) is 26.3 Å². The molecule has 0 aliphatic heterocycles. The average molecular weight is 929 g/mol. The molecule has 0 aliphatic carbocycles. The van der Waals surface area contributed by atoms with Gasteiger partial charge in [0.2, 0.25) is 0 Å². The molecule has 14 nitrogen and oxygen atoms in total. The number of benzene rings is 1. The molecule has 9 aromatic rings. The van der Waals surface area contributed by atoms with Gasteiger partial charge in [-0.05, 0) is 60.7 Å². The number of hydrogen-bond acceptors (Lipinski definition) is 9. The van der Waals surface area contributed by atoms with Gasteiger partial charge in [-0.25, -0.2) is 38.7 Å². The molecule has 1 aromatic carbocycles. The van der Waals surface area contributed by atoms with Crippen molar-refractivity contribution in [2.75, 3.05) is 0 Å². The van der Waals surface area contributed by atoms with Crippen molar-refractivity contribution in [2.45, 2.75) is 6.18 Å². The minimum atomic E-state index is -4.47. The van der Waals surface area contributed by atoms with Crippen molar-refractivity contribution in [3.05, 3.63) is 183 Å². The molecule has 0 saturated heterocycles. The third kappa shape index (κ3) is 11.1. The van der Waals surface area contributed by atoms with E-state index in [1.807, 2.05) is 116 Å². The molecule has 56 heavy (non-hydrogen) atoms. The van der Waals surface area contributed by atoms with E-state index in [9.17, 15) is 13.2 Å². The molecule has 8 aromatic heterocycles. The van der Waals surface area contributed by atoms with Gasteiger partial charge < -0.3 is 16.6 Å². The summed E-state index contributed by atoms with van der Waals surface area (Å²) in [6.07, 6.45) is 19.2. The van der Waals surface area contributed by atoms with Crippen molar-refractivity contribution < 1.29 is 33.3 Å². The zero-order chi connectivity index (χ0) is 38.3. The largest absolute Gasteiger partial charge is 0.573 e. The van der Waals surface area contributed by atoms with E-state index in [1.165, 1.54) is 18.6 Å². The molecule has 0 N–H and O–H groups in total. The molecule has 0 amide bonds. The minimum absolute atomic E-state index is 0. The van der Waals surface area contributed by atoms with Gasteiger partial charge in [-0.3, -0.25) is 5.92 Å². The fourth-order valence-electron chi connectivity index (χ4n) is 4.47. The van der Waals surface area contributed by atoms with Gasteiger partial charge >= 0.3 is 6.18 Å². The summed E-state index contributed by atoms with van der Waals surface area (Å²) in [5.74, 6) is 5.38. The fourth-order valence-corrected chi connectivity index (χ4v) is 4.47. The number of aromatic nitrogens is 14. The summed E-state index contributed by atoms with van der Waals surface area (Å²) in [5.41, 5.74) is 0.210. The van der Waals surface area contributed by atoms with Gasteiger partial charge in [0.25, 0.3) is 0 Å². The second-order valence-corrected chi connectivity index (χ2v) is 10.7. The van der Waals surface area contributed by atoms with Crippen LogP contribution in [0.25, 0.3) is 34.7 Å². The molecular formula is C38H27F3IrN14-2. The van der Waals surface area contributed by atoms with Gasteiger partial charge in [-0.15, -0.1) is 17.7 Å². The number of pyridine rings is 2. The Labute approximate surface area is 331 Å². The van der Waals surface area contributed by atoms with Gasteiger partial charge in [-0.1, -0.05) is 36.0 Å². The summed E-state index contributed by atoms with van der Waals surface area (Å²) in [4.78, 5) is 16.3. The average Bonchev–Trinajstić information content (AvgIpc) is 4.09. The number of rotatable bonds is 5. The third-order valence-electron chi connectivity index (χ3n) is 6.99. The summed E-state index contributed by atoms with van der Waals surface area (Å²) in [6.45, 7) is 0. The predicted octanol–water partition coefficient (Wildman–Crippen LogP) is 6.04. The number of halogens is 3. The van der Waals surface area contributed by atoms with E-state index in [-0.39, 0.29) is 25.8 Å². The van der Waals surface area contributed by atoms with E-state index in [1.54, 1.807) is 43.5 Å². The molecule has 8 heterocycles. The van der Waals surface area contributed by atoms with E-state index in [0.717, 1.165) is 34.9 Å². The molecule has 0 saturated carbocycles. The van der Waals surface area contributed by atoms with Gasteiger partial charge in [0.05, 0.1) is 5.69 Å². The Kier molecular flexibility index (Phi) is 14.0. The van der Waals surface area contributed by atoms with E-state index < -0.39 is 11.9 Å². The van der Waals surface area contributed by atoms with Gasteiger partial charge in [0.15, 0.2) is 23.3 Å². The first-order valence-electron chi connectivity index (χ1n) is 16.1. The predicted molar refractivity (Wildman–Crippen MR) is 193 cm³/mol. The molecule has 281 valence electrons. The van der Waals surface area contributed by atoms with E-state index >= 15 is 0 Å². The maximum absolute atomic E-state index is 12.2.